The van der Waals surface area contributed by atoms with Crippen molar-refractivity contribution in [2.24, 2.45) is 0 Å². The predicted molar refractivity (Wildman–Crippen MR) is 21.4 cm³/mol. The quantitative estimate of drug-likeness (QED) is 0.369. The van der Waals surface area contributed by atoms with Crippen LogP contribution in [0.2, 0.25) is 0 Å². The third kappa shape index (κ3) is 1.86. The van der Waals surface area contributed by atoms with Gasteiger partial charge in [0.05, 0.1) is 0 Å². The first kappa shape index (κ1) is 6.13. The minimum atomic E-state index is -5.14. The molecule has 8 heavy (non-hydrogen) atoms. The number of rotatable bonds is 0. The van der Waals surface area contributed by atoms with Gasteiger partial charge in [0.1, 0.15) is 0 Å². The minimum Gasteiger partial charge on any atom is -0.216 e. The summed E-state index contributed by atoms with van der Waals surface area (Å²) in [5.74, 6) is 0. The van der Waals surface area contributed by atoms with Crippen LogP contribution in [-0.2, 0) is 0 Å². The Kier molecular flexibility index (Phi) is 1.35. The van der Waals surface area contributed by atoms with E-state index in [1.165, 1.54) is 0 Å². The fourth-order valence-corrected chi connectivity index (χ4v) is 0. The average Bonchev–Trinajstić information content (AvgIpc) is 1.64. The normalized spacial score (nSPS) is 21.9. The second kappa shape index (κ2) is 1.76. The van der Waals surface area contributed by atoms with Crippen molar-refractivity contribution < 1.29 is 18.9 Å². The van der Waals surface area contributed by atoms with Gasteiger partial charge in [-0.3, -0.25) is 0 Å². The van der Waals surface area contributed by atoms with Gasteiger partial charge in [-0.2, -0.15) is 13.2 Å². The van der Waals surface area contributed by atoms with Crippen LogP contribution in [0.5, 0.6) is 0 Å². The standard InChI is InChI=1S/C3H3ClF4/c1-2(4,5)3(6,7)8/h1H3/i1D. The first-order valence-corrected chi connectivity index (χ1v) is 1.93. The lowest BCUT2D eigenvalue weighted by Crippen LogP contribution is -2.31. The zero-order chi connectivity index (χ0) is 7.71. The van der Waals surface area contributed by atoms with Crippen molar-refractivity contribution in [1.29, 1.82) is 0 Å². The van der Waals surface area contributed by atoms with Crippen LogP contribution in [0.3, 0.4) is 0 Å². The van der Waals surface area contributed by atoms with E-state index in [-0.39, 0.29) is 0 Å². The summed E-state index contributed by atoms with van der Waals surface area (Å²) >= 11 is 4.22. The van der Waals surface area contributed by atoms with Crippen molar-refractivity contribution in [2.45, 2.75) is 18.2 Å². The van der Waals surface area contributed by atoms with Crippen LogP contribution in [-0.4, -0.2) is 11.3 Å². The van der Waals surface area contributed by atoms with Crippen molar-refractivity contribution in [3.05, 3.63) is 0 Å². The molecule has 0 aromatic heterocycles. The summed E-state index contributed by atoms with van der Waals surface area (Å²) < 4.78 is 51.4. The van der Waals surface area contributed by atoms with Crippen LogP contribution in [0.4, 0.5) is 17.6 Å². The summed E-state index contributed by atoms with van der Waals surface area (Å²) in [5, 5.41) is -3.88. The van der Waals surface area contributed by atoms with E-state index in [1.54, 1.807) is 0 Å². The summed E-state index contributed by atoms with van der Waals surface area (Å²) in [4.78, 5) is 0. The fraction of sp³-hybridized carbons (Fsp3) is 1.00. The van der Waals surface area contributed by atoms with Crippen LogP contribution >= 0.6 is 11.6 Å². The summed E-state index contributed by atoms with van der Waals surface area (Å²) in [6.45, 7) is -1.52. The van der Waals surface area contributed by atoms with E-state index in [2.05, 4.69) is 11.6 Å². The third-order valence-electron chi connectivity index (χ3n) is 0.415. The van der Waals surface area contributed by atoms with E-state index in [9.17, 15) is 17.6 Å². The van der Waals surface area contributed by atoms with Gasteiger partial charge in [0.15, 0.2) is 0 Å². The molecule has 0 fully saturated rings. The van der Waals surface area contributed by atoms with E-state index in [1.807, 2.05) is 0 Å². The van der Waals surface area contributed by atoms with E-state index in [4.69, 9.17) is 1.37 Å². The topological polar surface area (TPSA) is 0 Å². The van der Waals surface area contributed by atoms with Gasteiger partial charge in [-0.1, -0.05) is 11.6 Å². The number of hydrogen-bond acceptors (Lipinski definition) is 0. The lowest BCUT2D eigenvalue weighted by Gasteiger charge is -2.14. The Labute approximate surface area is 49.8 Å². The predicted octanol–water partition coefficient (Wildman–Crippen LogP) is 2.47. The fourth-order valence-electron chi connectivity index (χ4n) is 0. The van der Waals surface area contributed by atoms with Gasteiger partial charge >= 0.3 is 6.18 Å². The molecule has 0 aliphatic heterocycles. The van der Waals surface area contributed by atoms with E-state index < -0.39 is 18.2 Å². The summed E-state index contributed by atoms with van der Waals surface area (Å²) in [7, 11) is 0. The molecule has 0 amide bonds. The molecule has 0 aromatic rings. The van der Waals surface area contributed by atoms with Crippen molar-refractivity contribution in [3.8, 4) is 0 Å². The molecule has 0 aliphatic carbocycles. The molecule has 0 radical (unpaired) electrons. The molecule has 0 heterocycles. The van der Waals surface area contributed by atoms with Crippen LogP contribution < -0.4 is 0 Å². The molecule has 0 saturated heterocycles. The van der Waals surface area contributed by atoms with Gasteiger partial charge in [-0.15, -0.1) is 0 Å². The molecule has 0 N–H and O–H groups in total. The molecule has 0 rings (SSSR count). The first-order valence-electron chi connectivity index (χ1n) is 2.26. The minimum absolute atomic E-state index is 1.52. The van der Waals surface area contributed by atoms with Gasteiger partial charge in [0, 0.05) is 1.37 Å². The van der Waals surface area contributed by atoms with Gasteiger partial charge in [-0.05, 0) is 6.90 Å². The maximum absolute atomic E-state index is 11.8. The highest BCUT2D eigenvalue weighted by Gasteiger charge is 2.50. The zero-order valence-corrected chi connectivity index (χ0v) is 4.35. The highest BCUT2D eigenvalue weighted by molar-refractivity contribution is 6.23. The number of alkyl halides is 5. The zero-order valence-electron chi connectivity index (χ0n) is 4.60. The van der Waals surface area contributed by atoms with Crippen LogP contribution in [0, 0.1) is 0 Å². The maximum atomic E-state index is 11.8. The van der Waals surface area contributed by atoms with Gasteiger partial charge in [0.25, 0.3) is 5.13 Å². The molecule has 50 valence electrons. The number of halogens is 5. The molecule has 0 spiro atoms. The summed E-state index contributed by atoms with van der Waals surface area (Å²) in [5.41, 5.74) is 0. The Bertz CT molecular complexity index is 98.5. The largest absolute Gasteiger partial charge is 0.436 e. The molecule has 0 aliphatic rings. The molecular formula is C3H3ClF4. The molecular weight excluding hydrogens is 147 g/mol. The van der Waals surface area contributed by atoms with Crippen LogP contribution in [0.1, 0.15) is 8.27 Å². The molecule has 1 unspecified atom stereocenters. The molecule has 0 aromatic carbocycles. The Morgan fingerprint density at radius 1 is 1.38 bits per heavy atom. The van der Waals surface area contributed by atoms with E-state index in [0.29, 0.717) is 0 Å². The van der Waals surface area contributed by atoms with E-state index in [0.717, 1.165) is 0 Å². The van der Waals surface area contributed by atoms with Crippen molar-refractivity contribution in [2.75, 3.05) is 0 Å². The SMILES string of the molecule is [2H]CC(F)(Cl)C(F)(F)F. The van der Waals surface area contributed by atoms with Crippen molar-refractivity contribution in [3.63, 3.8) is 0 Å². The second-order valence-electron chi connectivity index (χ2n) is 1.20. The first-order chi connectivity index (χ1) is 3.81. The Morgan fingerprint density at radius 3 is 1.75 bits per heavy atom. The van der Waals surface area contributed by atoms with Gasteiger partial charge in [0.2, 0.25) is 0 Å². The highest BCUT2D eigenvalue weighted by atomic mass is 35.5. The van der Waals surface area contributed by atoms with Crippen molar-refractivity contribution in [1.82, 2.24) is 0 Å². The van der Waals surface area contributed by atoms with Crippen molar-refractivity contribution >= 4 is 11.6 Å². The Hall–Kier alpha value is 0.01000. The Morgan fingerprint density at radius 2 is 1.75 bits per heavy atom. The second-order valence-corrected chi connectivity index (χ2v) is 1.80. The summed E-state index contributed by atoms with van der Waals surface area (Å²) in [6.07, 6.45) is -5.14. The maximum Gasteiger partial charge on any atom is 0.436 e. The molecule has 0 bridgehead atoms. The molecule has 0 nitrogen and oxygen atoms in total. The molecule has 0 saturated carbocycles. The van der Waals surface area contributed by atoms with Crippen LogP contribution in [0.15, 0.2) is 0 Å². The van der Waals surface area contributed by atoms with Crippen LogP contribution in [0.25, 0.3) is 0 Å². The monoisotopic (exact) mass is 151 g/mol. The smallest absolute Gasteiger partial charge is 0.216 e. The lowest BCUT2D eigenvalue weighted by atomic mass is 10.4. The molecule has 1 atom stereocenters. The van der Waals surface area contributed by atoms with E-state index >= 15 is 0 Å². The third-order valence-corrected chi connectivity index (χ3v) is 0.629. The van der Waals surface area contributed by atoms with Gasteiger partial charge in [-0.25, -0.2) is 4.39 Å². The summed E-state index contributed by atoms with van der Waals surface area (Å²) in [6, 6.07) is 0. The Balaban J connectivity index is 4.14. The highest BCUT2D eigenvalue weighted by Crippen LogP contribution is 2.36. The van der Waals surface area contributed by atoms with Gasteiger partial charge < -0.3 is 0 Å². The molecule has 5 heteroatoms. The number of hydrogen-bond donors (Lipinski definition) is 0. The lowest BCUT2D eigenvalue weighted by molar-refractivity contribution is -0.192. The average molecular weight is 152 g/mol.